The molecule has 72 valence electrons. The SMILES string of the molecule is Cc1nc2cccc(CN)c2c(=O)[nH]1. The van der Waals surface area contributed by atoms with Gasteiger partial charge in [0.1, 0.15) is 5.82 Å². The number of rotatable bonds is 1. The van der Waals surface area contributed by atoms with Crippen LogP contribution in [0.3, 0.4) is 0 Å². The van der Waals surface area contributed by atoms with E-state index in [0.717, 1.165) is 5.56 Å². The van der Waals surface area contributed by atoms with Crippen molar-refractivity contribution < 1.29 is 0 Å². The molecular weight excluding hydrogens is 178 g/mol. The first kappa shape index (κ1) is 8.90. The van der Waals surface area contributed by atoms with Gasteiger partial charge in [0.15, 0.2) is 0 Å². The summed E-state index contributed by atoms with van der Waals surface area (Å²) >= 11 is 0. The lowest BCUT2D eigenvalue weighted by atomic mass is 10.1. The summed E-state index contributed by atoms with van der Waals surface area (Å²) in [6.07, 6.45) is 0. The number of aryl methyl sites for hydroxylation is 1. The van der Waals surface area contributed by atoms with Crippen LogP contribution in [0.15, 0.2) is 23.0 Å². The van der Waals surface area contributed by atoms with E-state index in [1.165, 1.54) is 0 Å². The van der Waals surface area contributed by atoms with E-state index < -0.39 is 0 Å². The number of H-pyrrole nitrogens is 1. The Kier molecular flexibility index (Phi) is 2.05. The van der Waals surface area contributed by atoms with Crippen molar-refractivity contribution in [1.82, 2.24) is 9.97 Å². The monoisotopic (exact) mass is 189 g/mol. The third-order valence-electron chi connectivity index (χ3n) is 2.16. The van der Waals surface area contributed by atoms with Gasteiger partial charge in [0.05, 0.1) is 10.9 Å². The molecule has 0 aliphatic rings. The van der Waals surface area contributed by atoms with Crippen molar-refractivity contribution in [3.8, 4) is 0 Å². The minimum absolute atomic E-state index is 0.117. The van der Waals surface area contributed by atoms with Gasteiger partial charge in [0.2, 0.25) is 0 Å². The first-order chi connectivity index (χ1) is 6.72. The lowest BCUT2D eigenvalue weighted by Gasteiger charge is -2.02. The van der Waals surface area contributed by atoms with Crippen molar-refractivity contribution in [2.45, 2.75) is 13.5 Å². The Hall–Kier alpha value is -1.68. The third-order valence-corrected chi connectivity index (χ3v) is 2.16. The second kappa shape index (κ2) is 3.23. The van der Waals surface area contributed by atoms with Gasteiger partial charge < -0.3 is 10.7 Å². The lowest BCUT2D eigenvalue weighted by molar-refractivity contribution is 1.03. The number of hydrogen-bond donors (Lipinski definition) is 2. The molecule has 0 spiro atoms. The fourth-order valence-electron chi connectivity index (χ4n) is 1.55. The highest BCUT2D eigenvalue weighted by molar-refractivity contribution is 5.81. The Bertz CT molecular complexity index is 530. The molecule has 0 amide bonds. The van der Waals surface area contributed by atoms with E-state index in [1.807, 2.05) is 18.2 Å². The van der Waals surface area contributed by atoms with Crippen LogP contribution >= 0.6 is 0 Å². The standard InChI is InChI=1S/C10H11N3O/c1-6-12-8-4-2-3-7(5-11)9(8)10(14)13-6/h2-4H,5,11H2,1H3,(H,12,13,14). The van der Waals surface area contributed by atoms with Crippen LogP contribution < -0.4 is 11.3 Å². The van der Waals surface area contributed by atoms with Crippen molar-refractivity contribution >= 4 is 10.9 Å². The first-order valence-electron chi connectivity index (χ1n) is 4.41. The Labute approximate surface area is 80.8 Å². The van der Waals surface area contributed by atoms with Gasteiger partial charge in [-0.15, -0.1) is 0 Å². The molecule has 4 nitrogen and oxygen atoms in total. The van der Waals surface area contributed by atoms with Crippen LogP contribution in [0.5, 0.6) is 0 Å². The molecule has 1 aromatic heterocycles. The zero-order valence-electron chi connectivity index (χ0n) is 7.87. The summed E-state index contributed by atoms with van der Waals surface area (Å²) in [4.78, 5) is 18.5. The van der Waals surface area contributed by atoms with Crippen molar-refractivity contribution in [2.75, 3.05) is 0 Å². The van der Waals surface area contributed by atoms with E-state index in [2.05, 4.69) is 9.97 Å². The van der Waals surface area contributed by atoms with E-state index >= 15 is 0 Å². The highest BCUT2D eigenvalue weighted by atomic mass is 16.1. The van der Waals surface area contributed by atoms with Gasteiger partial charge in [0.25, 0.3) is 5.56 Å². The molecule has 1 aromatic carbocycles. The number of aromatic amines is 1. The Balaban J connectivity index is 2.94. The zero-order chi connectivity index (χ0) is 10.1. The minimum Gasteiger partial charge on any atom is -0.326 e. The predicted molar refractivity (Wildman–Crippen MR) is 55.0 cm³/mol. The molecule has 0 atom stereocenters. The zero-order valence-corrected chi connectivity index (χ0v) is 7.87. The van der Waals surface area contributed by atoms with E-state index in [-0.39, 0.29) is 5.56 Å². The van der Waals surface area contributed by atoms with Crippen molar-refractivity contribution in [1.29, 1.82) is 0 Å². The Morgan fingerprint density at radius 2 is 2.29 bits per heavy atom. The Morgan fingerprint density at radius 3 is 3.00 bits per heavy atom. The normalized spacial score (nSPS) is 10.7. The molecule has 0 radical (unpaired) electrons. The average Bonchev–Trinajstić information content (AvgIpc) is 2.16. The molecule has 0 aliphatic carbocycles. The molecule has 14 heavy (non-hydrogen) atoms. The highest BCUT2D eigenvalue weighted by Crippen LogP contribution is 2.11. The first-order valence-corrected chi connectivity index (χ1v) is 4.41. The number of nitrogens with two attached hydrogens (primary N) is 1. The molecular formula is C10H11N3O. The summed E-state index contributed by atoms with van der Waals surface area (Å²) in [5.74, 6) is 0.622. The van der Waals surface area contributed by atoms with Crippen molar-refractivity contribution in [3.63, 3.8) is 0 Å². The van der Waals surface area contributed by atoms with Gasteiger partial charge in [-0.2, -0.15) is 0 Å². The smallest absolute Gasteiger partial charge is 0.259 e. The minimum atomic E-state index is -0.117. The molecule has 0 unspecified atom stereocenters. The molecule has 0 fully saturated rings. The summed E-state index contributed by atoms with van der Waals surface area (Å²) < 4.78 is 0. The van der Waals surface area contributed by atoms with Gasteiger partial charge in [-0.25, -0.2) is 4.98 Å². The van der Waals surface area contributed by atoms with Crippen LogP contribution in [0.4, 0.5) is 0 Å². The number of fused-ring (bicyclic) bond motifs is 1. The molecule has 1 heterocycles. The van der Waals surface area contributed by atoms with Crippen molar-refractivity contribution in [2.24, 2.45) is 5.73 Å². The second-order valence-corrected chi connectivity index (χ2v) is 3.17. The lowest BCUT2D eigenvalue weighted by Crippen LogP contribution is -2.13. The maximum Gasteiger partial charge on any atom is 0.259 e. The number of aromatic nitrogens is 2. The van der Waals surface area contributed by atoms with Crippen LogP contribution in [0, 0.1) is 6.92 Å². The van der Waals surface area contributed by atoms with Crippen LogP contribution in [-0.2, 0) is 6.54 Å². The van der Waals surface area contributed by atoms with Crippen molar-refractivity contribution in [3.05, 3.63) is 39.9 Å². The van der Waals surface area contributed by atoms with Crippen LogP contribution in [0.1, 0.15) is 11.4 Å². The van der Waals surface area contributed by atoms with Crippen LogP contribution in [0.2, 0.25) is 0 Å². The number of benzene rings is 1. The van der Waals surface area contributed by atoms with E-state index in [9.17, 15) is 4.79 Å². The summed E-state index contributed by atoms with van der Waals surface area (Å²) in [6.45, 7) is 2.11. The molecule has 0 saturated carbocycles. The maximum absolute atomic E-state index is 11.6. The summed E-state index contributed by atoms with van der Waals surface area (Å²) in [5, 5.41) is 0.598. The molecule has 0 bridgehead atoms. The van der Waals surface area contributed by atoms with Gasteiger partial charge in [0, 0.05) is 6.54 Å². The highest BCUT2D eigenvalue weighted by Gasteiger charge is 2.04. The van der Waals surface area contributed by atoms with Gasteiger partial charge in [-0.3, -0.25) is 4.79 Å². The van der Waals surface area contributed by atoms with Crippen LogP contribution in [-0.4, -0.2) is 9.97 Å². The quantitative estimate of drug-likeness (QED) is 0.693. The number of nitrogens with zero attached hydrogens (tertiary/aromatic N) is 1. The summed E-state index contributed by atoms with van der Waals surface area (Å²) in [5.41, 5.74) is 6.96. The second-order valence-electron chi connectivity index (χ2n) is 3.17. The fraction of sp³-hybridized carbons (Fsp3) is 0.200. The maximum atomic E-state index is 11.6. The summed E-state index contributed by atoms with van der Waals surface area (Å²) in [7, 11) is 0. The van der Waals surface area contributed by atoms with Gasteiger partial charge in [-0.1, -0.05) is 12.1 Å². The molecule has 2 aromatic rings. The van der Waals surface area contributed by atoms with Gasteiger partial charge in [-0.05, 0) is 18.6 Å². The Morgan fingerprint density at radius 1 is 1.50 bits per heavy atom. The molecule has 4 heteroatoms. The summed E-state index contributed by atoms with van der Waals surface area (Å²) in [6, 6.07) is 5.52. The average molecular weight is 189 g/mol. The van der Waals surface area contributed by atoms with Crippen LogP contribution in [0.25, 0.3) is 10.9 Å². The predicted octanol–water partition coefficient (Wildman–Crippen LogP) is 0.690. The van der Waals surface area contributed by atoms with E-state index in [4.69, 9.17) is 5.73 Å². The third kappa shape index (κ3) is 1.29. The number of nitrogens with one attached hydrogen (secondary N) is 1. The number of hydrogen-bond acceptors (Lipinski definition) is 3. The fourth-order valence-corrected chi connectivity index (χ4v) is 1.55. The molecule has 2 rings (SSSR count). The topological polar surface area (TPSA) is 71.8 Å². The van der Waals surface area contributed by atoms with E-state index in [1.54, 1.807) is 6.92 Å². The molecule has 0 saturated heterocycles. The molecule has 0 aliphatic heterocycles. The largest absolute Gasteiger partial charge is 0.326 e. The van der Waals surface area contributed by atoms with Gasteiger partial charge >= 0.3 is 0 Å². The van der Waals surface area contributed by atoms with E-state index in [0.29, 0.717) is 23.3 Å². The molecule has 3 N–H and O–H groups in total.